The Morgan fingerprint density at radius 2 is 1.65 bits per heavy atom. The summed E-state index contributed by atoms with van der Waals surface area (Å²) in [4.78, 5) is 7.11. The highest BCUT2D eigenvalue weighted by atomic mass is 127. The van der Waals surface area contributed by atoms with E-state index in [9.17, 15) is 0 Å². The Hall–Kier alpha value is -0.0400. The van der Waals surface area contributed by atoms with Crippen molar-refractivity contribution in [3.8, 4) is 0 Å². The molecular formula is C18H35IN4. The summed E-state index contributed by atoms with van der Waals surface area (Å²) < 4.78 is 0. The Morgan fingerprint density at radius 1 is 0.913 bits per heavy atom. The Balaban J connectivity index is 0.00000192. The maximum Gasteiger partial charge on any atom is 0.191 e. The van der Waals surface area contributed by atoms with Crippen molar-refractivity contribution in [1.29, 1.82) is 0 Å². The minimum Gasteiger partial charge on any atom is -0.356 e. The molecule has 2 N–H and O–H groups in total. The first kappa shape index (κ1) is 19.3. The van der Waals surface area contributed by atoms with Crippen LogP contribution in [0, 0.1) is 11.8 Å². The highest BCUT2D eigenvalue weighted by molar-refractivity contribution is 14.0. The van der Waals surface area contributed by atoms with E-state index in [1.165, 1.54) is 70.9 Å². The molecule has 1 aliphatic heterocycles. The number of guanidine groups is 1. The molecule has 1 atom stereocenters. The van der Waals surface area contributed by atoms with Gasteiger partial charge in [0.1, 0.15) is 0 Å². The van der Waals surface area contributed by atoms with E-state index in [0.29, 0.717) is 6.04 Å². The van der Waals surface area contributed by atoms with Gasteiger partial charge in [-0.3, -0.25) is 9.89 Å². The van der Waals surface area contributed by atoms with Crippen molar-refractivity contribution in [2.75, 3.05) is 33.2 Å². The summed E-state index contributed by atoms with van der Waals surface area (Å²) in [6.45, 7) is 4.78. The van der Waals surface area contributed by atoms with Gasteiger partial charge in [0.15, 0.2) is 5.96 Å². The van der Waals surface area contributed by atoms with Gasteiger partial charge in [-0.25, -0.2) is 0 Å². The first-order valence-corrected chi connectivity index (χ1v) is 9.53. The molecule has 3 fully saturated rings. The Morgan fingerprint density at radius 3 is 2.35 bits per heavy atom. The average molecular weight is 434 g/mol. The molecule has 5 heteroatoms. The highest BCUT2D eigenvalue weighted by Crippen LogP contribution is 2.28. The molecule has 3 aliphatic rings. The lowest BCUT2D eigenvalue weighted by Crippen LogP contribution is -2.46. The molecule has 23 heavy (non-hydrogen) atoms. The number of nitrogens with zero attached hydrogens (tertiary/aromatic N) is 2. The molecule has 0 aromatic carbocycles. The molecule has 1 saturated heterocycles. The topological polar surface area (TPSA) is 39.7 Å². The summed E-state index contributed by atoms with van der Waals surface area (Å²) in [7, 11) is 1.89. The maximum atomic E-state index is 4.37. The number of aliphatic imine (C=N–C) groups is 1. The normalized spacial score (nSPS) is 26.8. The molecule has 134 valence electrons. The fourth-order valence-corrected chi connectivity index (χ4v) is 4.07. The average Bonchev–Trinajstić information content (AvgIpc) is 3.28. The van der Waals surface area contributed by atoms with Gasteiger partial charge in [0.2, 0.25) is 0 Å². The van der Waals surface area contributed by atoms with Crippen molar-refractivity contribution in [3.05, 3.63) is 0 Å². The number of rotatable bonds is 6. The number of hydrogen-bond donors (Lipinski definition) is 2. The first-order chi connectivity index (χ1) is 10.8. The fraction of sp³-hybridized carbons (Fsp3) is 0.944. The van der Waals surface area contributed by atoms with Gasteiger partial charge in [0.25, 0.3) is 0 Å². The molecular weight excluding hydrogens is 399 g/mol. The quantitative estimate of drug-likeness (QED) is 0.383. The van der Waals surface area contributed by atoms with Crippen LogP contribution in [0.5, 0.6) is 0 Å². The van der Waals surface area contributed by atoms with Gasteiger partial charge in [-0.1, -0.05) is 19.3 Å². The number of nitrogens with one attached hydrogen (secondary N) is 2. The molecule has 2 saturated carbocycles. The van der Waals surface area contributed by atoms with Gasteiger partial charge in [-0.05, 0) is 56.9 Å². The van der Waals surface area contributed by atoms with E-state index in [0.717, 1.165) is 30.9 Å². The van der Waals surface area contributed by atoms with Crippen LogP contribution >= 0.6 is 24.0 Å². The van der Waals surface area contributed by atoms with Crippen LogP contribution in [0.25, 0.3) is 0 Å². The monoisotopic (exact) mass is 434 g/mol. The third-order valence-electron chi connectivity index (χ3n) is 5.70. The zero-order chi connectivity index (χ0) is 15.2. The van der Waals surface area contributed by atoms with Gasteiger partial charge < -0.3 is 10.6 Å². The molecule has 0 spiro atoms. The number of hydrogen-bond acceptors (Lipinski definition) is 2. The van der Waals surface area contributed by atoms with Crippen LogP contribution in [0.4, 0.5) is 0 Å². The number of likely N-dealkylation sites (tertiary alicyclic amines) is 1. The molecule has 1 heterocycles. The van der Waals surface area contributed by atoms with Crippen molar-refractivity contribution in [3.63, 3.8) is 0 Å². The van der Waals surface area contributed by atoms with E-state index >= 15 is 0 Å². The zero-order valence-electron chi connectivity index (χ0n) is 14.7. The summed E-state index contributed by atoms with van der Waals surface area (Å²) in [5.41, 5.74) is 0. The van der Waals surface area contributed by atoms with E-state index in [4.69, 9.17) is 0 Å². The van der Waals surface area contributed by atoms with Crippen LogP contribution in [-0.2, 0) is 0 Å². The zero-order valence-corrected chi connectivity index (χ0v) is 17.1. The first-order valence-electron chi connectivity index (χ1n) is 9.53. The third-order valence-corrected chi connectivity index (χ3v) is 5.70. The summed E-state index contributed by atoms with van der Waals surface area (Å²) >= 11 is 0. The van der Waals surface area contributed by atoms with Crippen molar-refractivity contribution < 1.29 is 0 Å². The molecule has 0 amide bonds. The standard InChI is InChI=1S/C18H34N4.HI/c1-19-18(20-12-15-9-10-15)21-13-17-8-5-11-22(17)14-16-6-3-2-4-7-16;/h15-17H,2-14H2,1H3,(H2,19,20,21);1H. The van der Waals surface area contributed by atoms with Crippen molar-refractivity contribution >= 4 is 29.9 Å². The largest absolute Gasteiger partial charge is 0.356 e. The molecule has 0 aromatic rings. The lowest BCUT2D eigenvalue weighted by atomic mass is 9.89. The lowest BCUT2D eigenvalue weighted by molar-refractivity contribution is 0.188. The molecule has 0 aromatic heterocycles. The molecule has 0 radical (unpaired) electrons. The van der Waals surface area contributed by atoms with Gasteiger partial charge in [-0.2, -0.15) is 0 Å². The Kier molecular flexibility index (Phi) is 8.44. The van der Waals surface area contributed by atoms with Crippen LogP contribution in [0.15, 0.2) is 4.99 Å². The second-order valence-corrected chi connectivity index (χ2v) is 7.57. The minimum atomic E-state index is 0. The van der Waals surface area contributed by atoms with Crippen LogP contribution < -0.4 is 10.6 Å². The predicted molar refractivity (Wildman–Crippen MR) is 109 cm³/mol. The summed E-state index contributed by atoms with van der Waals surface area (Å²) in [5.74, 6) is 2.85. The molecule has 2 aliphatic carbocycles. The number of halogens is 1. The third kappa shape index (κ3) is 6.40. The van der Waals surface area contributed by atoms with E-state index in [1.807, 2.05) is 7.05 Å². The Bertz CT molecular complexity index is 364. The highest BCUT2D eigenvalue weighted by Gasteiger charge is 2.27. The fourth-order valence-electron chi connectivity index (χ4n) is 4.07. The molecule has 0 bridgehead atoms. The Labute approximate surface area is 159 Å². The van der Waals surface area contributed by atoms with E-state index < -0.39 is 0 Å². The minimum absolute atomic E-state index is 0. The van der Waals surface area contributed by atoms with Gasteiger partial charge >= 0.3 is 0 Å². The maximum absolute atomic E-state index is 4.37. The lowest BCUT2D eigenvalue weighted by Gasteiger charge is -2.31. The van der Waals surface area contributed by atoms with Crippen LogP contribution in [0.1, 0.15) is 57.8 Å². The van der Waals surface area contributed by atoms with Crippen molar-refractivity contribution in [2.24, 2.45) is 16.8 Å². The van der Waals surface area contributed by atoms with Gasteiger partial charge in [0.05, 0.1) is 0 Å². The van der Waals surface area contributed by atoms with Gasteiger partial charge in [-0.15, -0.1) is 24.0 Å². The van der Waals surface area contributed by atoms with Crippen molar-refractivity contribution in [1.82, 2.24) is 15.5 Å². The summed E-state index contributed by atoms with van der Waals surface area (Å²) in [6, 6.07) is 0.710. The van der Waals surface area contributed by atoms with E-state index in [2.05, 4.69) is 20.5 Å². The van der Waals surface area contributed by atoms with Crippen LogP contribution in [-0.4, -0.2) is 50.1 Å². The predicted octanol–water partition coefficient (Wildman–Crippen LogP) is 3.22. The second kappa shape index (κ2) is 10.1. The summed E-state index contributed by atoms with van der Waals surface area (Å²) in [5, 5.41) is 7.03. The molecule has 3 rings (SSSR count). The summed E-state index contributed by atoms with van der Waals surface area (Å²) in [6.07, 6.45) is 12.8. The molecule has 4 nitrogen and oxygen atoms in total. The SMILES string of the molecule is CN=C(NCC1CC1)NCC1CCCN1CC1CCCCC1.I. The second-order valence-electron chi connectivity index (χ2n) is 7.57. The van der Waals surface area contributed by atoms with Crippen LogP contribution in [0.3, 0.4) is 0 Å². The smallest absolute Gasteiger partial charge is 0.191 e. The van der Waals surface area contributed by atoms with Crippen LogP contribution in [0.2, 0.25) is 0 Å². The van der Waals surface area contributed by atoms with E-state index in [-0.39, 0.29) is 24.0 Å². The molecule has 1 unspecified atom stereocenters. The van der Waals surface area contributed by atoms with E-state index in [1.54, 1.807) is 0 Å². The van der Waals surface area contributed by atoms with Crippen molar-refractivity contribution in [2.45, 2.75) is 63.8 Å². The van der Waals surface area contributed by atoms with Gasteiger partial charge in [0, 0.05) is 32.7 Å².